The Bertz CT molecular complexity index is 663. The molecule has 2 aromatic carbocycles. The van der Waals surface area contributed by atoms with Gasteiger partial charge in [0.25, 0.3) is 0 Å². The largest absolute Gasteiger partial charge is 0.381 e. The Morgan fingerprint density at radius 3 is 2.45 bits per heavy atom. The number of fused-ring (bicyclic) bond motifs is 1. The minimum Gasteiger partial charge on any atom is -0.381 e. The highest BCUT2D eigenvalue weighted by Crippen LogP contribution is 2.37. The summed E-state index contributed by atoms with van der Waals surface area (Å²) in [5.41, 5.74) is 3.36. The third-order valence-corrected chi connectivity index (χ3v) is 3.89. The normalized spacial score (nSPS) is 22.8. The van der Waals surface area contributed by atoms with Gasteiger partial charge in [-0.1, -0.05) is 72.8 Å². The first-order valence-electron chi connectivity index (χ1n) is 6.92. The smallest absolute Gasteiger partial charge is 0.112 e. The molecule has 2 aromatic rings. The van der Waals surface area contributed by atoms with Gasteiger partial charge < -0.3 is 5.11 Å². The molecule has 0 aromatic heterocycles. The van der Waals surface area contributed by atoms with Crippen LogP contribution in [0.5, 0.6) is 0 Å². The first-order valence-corrected chi connectivity index (χ1v) is 6.92. The second-order valence-electron chi connectivity index (χ2n) is 5.34. The minimum atomic E-state index is -0.917. The number of benzene rings is 2. The molecule has 0 fully saturated rings. The molecule has 100 valence electrons. The quantitative estimate of drug-likeness (QED) is 0.864. The van der Waals surface area contributed by atoms with E-state index >= 15 is 0 Å². The summed E-state index contributed by atoms with van der Waals surface area (Å²) >= 11 is 0. The Kier molecular flexibility index (Phi) is 3.29. The molecule has 1 aliphatic rings. The van der Waals surface area contributed by atoms with Crippen molar-refractivity contribution in [2.24, 2.45) is 0 Å². The lowest BCUT2D eigenvalue weighted by Crippen LogP contribution is -2.26. The lowest BCUT2D eigenvalue weighted by molar-refractivity contribution is 0.100. The van der Waals surface area contributed by atoms with Crippen molar-refractivity contribution in [1.82, 2.24) is 0 Å². The van der Waals surface area contributed by atoms with E-state index in [2.05, 4.69) is 24.3 Å². The van der Waals surface area contributed by atoms with E-state index in [1.807, 2.05) is 55.5 Å². The van der Waals surface area contributed by atoms with Crippen molar-refractivity contribution < 1.29 is 5.11 Å². The summed E-state index contributed by atoms with van der Waals surface area (Å²) in [6.45, 7) is 1.87. The van der Waals surface area contributed by atoms with E-state index in [-0.39, 0.29) is 0 Å². The van der Waals surface area contributed by atoms with E-state index in [0.717, 1.165) is 23.1 Å². The van der Waals surface area contributed by atoms with Gasteiger partial charge in [0.1, 0.15) is 5.60 Å². The average Bonchev–Trinajstić information content (AvgIpc) is 2.48. The highest BCUT2D eigenvalue weighted by molar-refractivity contribution is 5.65. The maximum absolute atomic E-state index is 10.8. The number of hydrogen-bond donors (Lipinski definition) is 1. The van der Waals surface area contributed by atoms with Gasteiger partial charge in [0, 0.05) is 0 Å². The van der Waals surface area contributed by atoms with Gasteiger partial charge in [-0.25, -0.2) is 0 Å². The fourth-order valence-electron chi connectivity index (χ4n) is 2.69. The molecule has 0 saturated carbocycles. The Hall–Kier alpha value is -2.12. The second kappa shape index (κ2) is 5.10. The second-order valence-corrected chi connectivity index (χ2v) is 5.34. The standard InChI is InChI=1S/C19H18O/c1-19(20)17(13-11-15-7-3-2-4-8-15)14-12-16-9-5-6-10-18(16)19/h2-10,12-14,20H,11H2,1H3. The average molecular weight is 262 g/mol. The Morgan fingerprint density at radius 2 is 1.65 bits per heavy atom. The van der Waals surface area contributed by atoms with Crippen LogP contribution in [0.15, 0.2) is 72.3 Å². The van der Waals surface area contributed by atoms with Gasteiger partial charge in [-0.15, -0.1) is 0 Å². The summed E-state index contributed by atoms with van der Waals surface area (Å²) in [6.07, 6.45) is 7.04. The van der Waals surface area contributed by atoms with Crippen LogP contribution in [0.2, 0.25) is 0 Å². The summed E-state index contributed by atoms with van der Waals surface area (Å²) in [6, 6.07) is 18.3. The summed E-state index contributed by atoms with van der Waals surface area (Å²) in [4.78, 5) is 0. The molecule has 0 heterocycles. The molecule has 1 heteroatoms. The van der Waals surface area contributed by atoms with Gasteiger partial charge in [-0.3, -0.25) is 0 Å². The summed E-state index contributed by atoms with van der Waals surface area (Å²) < 4.78 is 0. The van der Waals surface area contributed by atoms with Crippen LogP contribution in [0.25, 0.3) is 6.08 Å². The lowest BCUT2D eigenvalue weighted by atomic mass is 9.80. The fraction of sp³-hybridized carbons (Fsp3) is 0.158. The van der Waals surface area contributed by atoms with Crippen LogP contribution in [0, 0.1) is 0 Å². The highest BCUT2D eigenvalue weighted by atomic mass is 16.3. The van der Waals surface area contributed by atoms with Crippen LogP contribution in [0.1, 0.15) is 23.6 Å². The third-order valence-electron chi connectivity index (χ3n) is 3.89. The van der Waals surface area contributed by atoms with Crippen molar-refractivity contribution in [3.05, 3.63) is 89.0 Å². The first kappa shape index (κ1) is 12.9. The topological polar surface area (TPSA) is 20.2 Å². The van der Waals surface area contributed by atoms with Crippen molar-refractivity contribution in [2.45, 2.75) is 18.9 Å². The molecule has 3 rings (SSSR count). The summed E-state index contributed by atoms with van der Waals surface area (Å²) in [5.74, 6) is 0. The summed E-state index contributed by atoms with van der Waals surface area (Å²) in [5, 5.41) is 10.8. The molecular formula is C19H18O. The van der Waals surface area contributed by atoms with E-state index < -0.39 is 5.60 Å². The Labute approximate surface area is 119 Å². The number of allylic oxidation sites excluding steroid dienone is 1. The fourth-order valence-corrected chi connectivity index (χ4v) is 2.69. The number of rotatable bonds is 2. The van der Waals surface area contributed by atoms with E-state index in [1.54, 1.807) is 0 Å². The van der Waals surface area contributed by atoms with Crippen LogP contribution in [-0.2, 0) is 12.0 Å². The zero-order chi connectivity index (χ0) is 14.0. The number of hydrogen-bond acceptors (Lipinski definition) is 1. The van der Waals surface area contributed by atoms with Crippen molar-refractivity contribution in [3.8, 4) is 0 Å². The SMILES string of the molecule is CC1(O)C(=CCc2ccccc2)C=Cc2ccccc21. The molecule has 1 aliphatic carbocycles. The molecule has 0 aliphatic heterocycles. The molecule has 0 saturated heterocycles. The molecule has 1 atom stereocenters. The maximum atomic E-state index is 10.8. The van der Waals surface area contributed by atoms with Crippen molar-refractivity contribution in [2.75, 3.05) is 0 Å². The van der Waals surface area contributed by atoms with E-state index in [9.17, 15) is 5.11 Å². The van der Waals surface area contributed by atoms with Gasteiger partial charge in [-0.2, -0.15) is 0 Å². The molecular weight excluding hydrogens is 244 g/mol. The maximum Gasteiger partial charge on any atom is 0.112 e. The molecule has 1 N–H and O–H groups in total. The molecule has 0 radical (unpaired) electrons. The van der Waals surface area contributed by atoms with Gasteiger partial charge in [0.2, 0.25) is 0 Å². The Balaban J connectivity index is 1.93. The van der Waals surface area contributed by atoms with E-state index in [1.165, 1.54) is 5.56 Å². The lowest BCUT2D eigenvalue weighted by Gasteiger charge is -2.30. The van der Waals surface area contributed by atoms with Crippen LogP contribution < -0.4 is 0 Å². The molecule has 0 bridgehead atoms. The molecule has 0 spiro atoms. The van der Waals surface area contributed by atoms with Crippen LogP contribution >= 0.6 is 0 Å². The van der Waals surface area contributed by atoms with Gasteiger partial charge in [-0.05, 0) is 35.6 Å². The zero-order valence-corrected chi connectivity index (χ0v) is 11.6. The monoisotopic (exact) mass is 262 g/mol. The van der Waals surface area contributed by atoms with Crippen molar-refractivity contribution >= 4 is 6.08 Å². The predicted octanol–water partition coefficient (Wildman–Crippen LogP) is 4.09. The van der Waals surface area contributed by atoms with E-state index in [0.29, 0.717) is 0 Å². The Morgan fingerprint density at radius 1 is 0.950 bits per heavy atom. The third kappa shape index (κ3) is 2.33. The minimum absolute atomic E-state index is 0.832. The van der Waals surface area contributed by atoms with Gasteiger partial charge in [0.05, 0.1) is 0 Å². The summed E-state index contributed by atoms with van der Waals surface area (Å²) in [7, 11) is 0. The predicted molar refractivity (Wildman–Crippen MR) is 83.3 cm³/mol. The van der Waals surface area contributed by atoms with Crippen LogP contribution in [0.3, 0.4) is 0 Å². The van der Waals surface area contributed by atoms with Crippen LogP contribution in [-0.4, -0.2) is 5.11 Å². The first-order chi connectivity index (χ1) is 9.68. The molecule has 1 nitrogen and oxygen atoms in total. The van der Waals surface area contributed by atoms with Crippen molar-refractivity contribution in [1.29, 1.82) is 0 Å². The molecule has 0 amide bonds. The van der Waals surface area contributed by atoms with Gasteiger partial charge in [0.15, 0.2) is 0 Å². The van der Waals surface area contributed by atoms with Crippen LogP contribution in [0.4, 0.5) is 0 Å². The highest BCUT2D eigenvalue weighted by Gasteiger charge is 2.30. The van der Waals surface area contributed by atoms with Crippen molar-refractivity contribution in [3.63, 3.8) is 0 Å². The zero-order valence-electron chi connectivity index (χ0n) is 11.6. The van der Waals surface area contributed by atoms with Gasteiger partial charge >= 0.3 is 0 Å². The molecule has 20 heavy (non-hydrogen) atoms. The number of aliphatic hydroxyl groups is 1. The molecule has 1 unspecified atom stereocenters. The van der Waals surface area contributed by atoms with E-state index in [4.69, 9.17) is 0 Å².